The largest absolute Gasteiger partial charge is 0.222 e. The molecule has 1 heterocycles. The zero-order valence-corrected chi connectivity index (χ0v) is 21.9. The molecule has 5 heteroatoms. The van der Waals surface area contributed by atoms with E-state index in [9.17, 15) is 0 Å². The first-order valence-corrected chi connectivity index (χ1v) is 11.8. The maximum Gasteiger partial charge on any atom is 0.136 e. The van der Waals surface area contributed by atoms with Crippen molar-refractivity contribution in [3.8, 4) is 0 Å². The molecule has 2 aromatic carbocycles. The van der Waals surface area contributed by atoms with Crippen molar-refractivity contribution in [1.82, 2.24) is 15.0 Å². The molecule has 0 atom stereocenters. The smallest absolute Gasteiger partial charge is 0.136 e. The van der Waals surface area contributed by atoms with E-state index in [0.717, 1.165) is 17.8 Å². The molecule has 0 aliphatic rings. The van der Waals surface area contributed by atoms with Crippen LogP contribution in [0.1, 0.15) is 98.7 Å². The lowest BCUT2D eigenvalue weighted by Gasteiger charge is -1.99. The van der Waals surface area contributed by atoms with Crippen LogP contribution in [0.5, 0.6) is 0 Å². The Balaban J connectivity index is -0.0000000961. The van der Waals surface area contributed by atoms with Gasteiger partial charge in [0.1, 0.15) is 19.3 Å². The molecule has 0 spiro atoms. The maximum absolute atomic E-state index is 7.38. The van der Waals surface area contributed by atoms with E-state index in [2.05, 4.69) is 25.2 Å². The molecular weight excluding hydrogens is 418 g/mol. The summed E-state index contributed by atoms with van der Waals surface area (Å²) < 4.78 is 17.4. The fourth-order valence-corrected chi connectivity index (χ4v) is 1.90. The maximum atomic E-state index is 7.38. The van der Waals surface area contributed by atoms with Gasteiger partial charge in [-0.15, -0.1) is 0 Å². The van der Waals surface area contributed by atoms with E-state index in [1.165, 1.54) is 0 Å². The molecular formula is C29H55N5. The van der Waals surface area contributed by atoms with Crippen LogP contribution in [-0.4, -0.2) is 21.5 Å². The zero-order valence-electron chi connectivity index (χ0n) is 24.9. The average Bonchev–Trinajstić information content (AvgIpc) is 2.94. The molecule has 34 heavy (non-hydrogen) atoms. The Kier molecular flexibility index (Phi) is 36.3. The van der Waals surface area contributed by atoms with Crippen LogP contribution in [0.2, 0.25) is 0 Å². The first-order chi connectivity index (χ1) is 17.2. The first kappa shape index (κ1) is 35.6. The second kappa shape index (κ2) is 34.7. The van der Waals surface area contributed by atoms with E-state index in [4.69, 9.17) is 4.34 Å². The van der Waals surface area contributed by atoms with Gasteiger partial charge in [0.05, 0.1) is 12.2 Å². The molecule has 0 radical (unpaired) electrons. The molecule has 3 aromatic rings. The summed E-state index contributed by atoms with van der Waals surface area (Å²) >= 11 is 0. The van der Waals surface area contributed by atoms with Crippen molar-refractivity contribution < 1.29 is 4.34 Å². The Hall–Kier alpha value is -2.95. The van der Waals surface area contributed by atoms with Gasteiger partial charge in [0, 0.05) is 9.39 Å². The van der Waals surface area contributed by atoms with Gasteiger partial charge in [0.25, 0.3) is 0 Å². The van der Waals surface area contributed by atoms with Crippen LogP contribution in [0.4, 0.5) is 5.69 Å². The topological polar surface area (TPSA) is 63.4 Å². The lowest BCUT2D eigenvalue weighted by atomic mass is 10.1. The number of benzene rings is 2. The molecule has 0 saturated heterocycles. The van der Waals surface area contributed by atoms with Gasteiger partial charge in [-0.3, -0.25) is 0 Å². The minimum absolute atomic E-state index is 0. The van der Waals surface area contributed by atoms with Crippen molar-refractivity contribution in [2.45, 2.75) is 90.5 Å². The second-order valence-electron chi connectivity index (χ2n) is 4.95. The Labute approximate surface area is 216 Å². The van der Waals surface area contributed by atoms with Crippen molar-refractivity contribution in [2.24, 2.45) is 10.2 Å². The lowest BCUT2D eigenvalue weighted by Crippen LogP contribution is -1.99. The van der Waals surface area contributed by atoms with Crippen LogP contribution >= 0.6 is 0 Å². The molecule has 0 fully saturated rings. The van der Waals surface area contributed by atoms with Crippen LogP contribution in [0.3, 0.4) is 0 Å². The normalized spacial score (nSPS) is 8.59. The van der Waals surface area contributed by atoms with Gasteiger partial charge in [0.15, 0.2) is 0 Å². The molecule has 196 valence electrons. The number of rotatable bonds is 4. The van der Waals surface area contributed by atoms with Gasteiger partial charge in [0.2, 0.25) is 0 Å². The van der Waals surface area contributed by atoms with E-state index < -0.39 is 0 Å². The molecule has 0 aliphatic heterocycles. The predicted molar refractivity (Wildman–Crippen MR) is 156 cm³/mol. The minimum Gasteiger partial charge on any atom is -0.222 e. The highest BCUT2D eigenvalue weighted by Crippen LogP contribution is 2.09. The molecule has 1 aromatic heterocycles. The van der Waals surface area contributed by atoms with Gasteiger partial charge in [-0.05, 0) is 31.5 Å². The number of aromatic nitrogens is 3. The molecule has 0 unspecified atom stereocenters. The van der Waals surface area contributed by atoms with Crippen molar-refractivity contribution in [3.05, 3.63) is 84.2 Å². The van der Waals surface area contributed by atoms with Crippen LogP contribution < -0.4 is 0 Å². The van der Waals surface area contributed by atoms with Crippen molar-refractivity contribution in [3.63, 3.8) is 0 Å². The van der Waals surface area contributed by atoms with E-state index in [1.54, 1.807) is 6.92 Å². The fraction of sp³-hybridized carbons (Fsp3) is 0.483. The third-order valence-corrected chi connectivity index (χ3v) is 2.97. The Morgan fingerprint density at radius 3 is 1.71 bits per heavy atom. The zero-order chi connectivity index (χ0) is 27.9. The number of hydrogen-bond donors (Lipinski definition) is 0. The summed E-state index contributed by atoms with van der Waals surface area (Å²) in [4.78, 5) is 12.0. The average molecular weight is 480 g/mol. The summed E-state index contributed by atoms with van der Waals surface area (Å²) in [6.07, 6.45) is 0.684. The van der Waals surface area contributed by atoms with Gasteiger partial charge in [-0.2, -0.15) is 10.2 Å². The third kappa shape index (κ3) is 23.7. The van der Waals surface area contributed by atoms with Crippen molar-refractivity contribution in [1.29, 1.82) is 0 Å². The number of nitrogens with zero attached hydrogens (tertiary/aromatic N) is 5. The third-order valence-electron chi connectivity index (χ3n) is 2.97. The van der Waals surface area contributed by atoms with Crippen LogP contribution in [0.15, 0.2) is 77.2 Å². The molecule has 0 N–H and O–H groups in total. The Bertz CT molecular complexity index is 783. The highest BCUT2D eigenvalue weighted by Gasteiger charge is 1.98. The summed E-state index contributed by atoms with van der Waals surface area (Å²) in [6, 6.07) is 19.7. The fourth-order valence-electron chi connectivity index (χ4n) is 1.90. The van der Waals surface area contributed by atoms with E-state index in [0.29, 0.717) is 18.1 Å². The standard InChI is InChI=1S/C11H11N3.C8H10N2.4C2H6.2CH4.H2/c1-9-12-8-13-11(14-9)7-10-5-3-2-4-6-10;1-2-9-10-8-6-4-3-5-7-8;4*1-2;;;/h2-6,8H,7H2,1H3;3-7H,2H2,1H3;4*1-2H3;2*1H4;1H/i8T;;;;;;;;1+2T. The van der Waals surface area contributed by atoms with Crippen LogP contribution in [-0.2, 0) is 6.42 Å². The Morgan fingerprint density at radius 2 is 1.26 bits per heavy atom. The van der Waals surface area contributed by atoms with Gasteiger partial charge in [-0.25, -0.2) is 15.0 Å². The Morgan fingerprint density at radius 1 is 0.794 bits per heavy atom. The number of hydrogen-bond acceptors (Lipinski definition) is 5. The number of aryl methyl sites for hydroxylation is 1. The molecule has 0 saturated carbocycles. The van der Waals surface area contributed by atoms with Crippen molar-refractivity contribution in [2.75, 3.05) is 6.54 Å². The minimum atomic E-state index is 0. The molecule has 5 nitrogen and oxygen atoms in total. The lowest BCUT2D eigenvalue weighted by molar-refractivity contribution is 0.879. The van der Waals surface area contributed by atoms with Crippen LogP contribution in [0.25, 0.3) is 0 Å². The first-order valence-electron chi connectivity index (χ1n) is 13.3. The molecule has 0 aliphatic carbocycles. The van der Waals surface area contributed by atoms with Gasteiger partial charge < -0.3 is 0 Å². The highest BCUT2D eigenvalue weighted by molar-refractivity contribution is 5.34. The quantitative estimate of drug-likeness (QED) is 0.349. The SMILES string of the molecule is C.C.CC.CC.CC.CC.CCN=Nc1ccccc1.[3H][3H].[3H]c1nc(C)nc(Cc2ccccc2)n1. The molecule has 0 amide bonds. The van der Waals surface area contributed by atoms with Gasteiger partial charge in [-0.1, -0.05) is 119 Å². The van der Waals surface area contributed by atoms with E-state index in [-0.39, 0.29) is 21.2 Å². The summed E-state index contributed by atoms with van der Waals surface area (Å²) in [6.45, 7) is 20.5. The summed E-state index contributed by atoms with van der Waals surface area (Å²) in [5.41, 5.74) is 2.06. The summed E-state index contributed by atoms with van der Waals surface area (Å²) in [5, 5.41) is 7.82. The van der Waals surface area contributed by atoms with Gasteiger partial charge >= 0.3 is 0 Å². The highest BCUT2D eigenvalue weighted by atomic mass is 15.1. The van der Waals surface area contributed by atoms with E-state index in [1.807, 2.05) is 123 Å². The molecule has 3 rings (SSSR count). The predicted octanol–water partition coefficient (Wildman–Crippen LogP) is 10.2. The van der Waals surface area contributed by atoms with Crippen molar-refractivity contribution >= 4 is 5.69 Å². The summed E-state index contributed by atoms with van der Waals surface area (Å²) in [5.74, 6) is 1.25. The second-order valence-corrected chi connectivity index (χ2v) is 4.95. The van der Waals surface area contributed by atoms with Crippen LogP contribution in [0, 0.1) is 6.92 Å². The van der Waals surface area contributed by atoms with E-state index >= 15 is 0 Å². The monoisotopic (exact) mass is 479 g/mol. The number of azo groups is 1. The molecule has 0 bridgehead atoms. The summed E-state index contributed by atoms with van der Waals surface area (Å²) in [7, 11) is 0.